The lowest BCUT2D eigenvalue weighted by Gasteiger charge is -2.73. The van der Waals surface area contributed by atoms with Crippen LogP contribution in [0.1, 0.15) is 159 Å². The van der Waals surface area contributed by atoms with E-state index in [1.165, 1.54) is 64.2 Å². The average molecular weight is 668 g/mol. The van der Waals surface area contributed by atoms with E-state index in [2.05, 4.69) is 53.4 Å². The molecule has 272 valence electrons. The molecule has 10 atom stereocenters. The van der Waals surface area contributed by atoms with Crippen LogP contribution in [0, 0.1) is 68.0 Å². The number of aliphatic carboxylic acids is 1. The first-order chi connectivity index (χ1) is 22.3. The van der Waals surface area contributed by atoms with E-state index < -0.39 is 11.4 Å². The van der Waals surface area contributed by atoms with Gasteiger partial charge in [0.05, 0.1) is 11.8 Å². The molecule has 6 nitrogen and oxygen atoms in total. The van der Waals surface area contributed by atoms with E-state index in [4.69, 9.17) is 4.74 Å². The van der Waals surface area contributed by atoms with Gasteiger partial charge in [-0.2, -0.15) is 0 Å². The van der Waals surface area contributed by atoms with Crippen molar-refractivity contribution in [3.05, 3.63) is 0 Å². The fourth-order valence-electron chi connectivity index (χ4n) is 14.2. The van der Waals surface area contributed by atoms with Gasteiger partial charge in [-0.15, -0.1) is 0 Å². The Bertz CT molecular complexity index is 1270. The molecule has 1 saturated heterocycles. The lowest BCUT2D eigenvalue weighted by atomic mass is 9.32. The lowest BCUT2D eigenvalue weighted by molar-refractivity contribution is -0.252. The zero-order valence-corrected chi connectivity index (χ0v) is 32.1. The predicted molar refractivity (Wildman–Crippen MR) is 190 cm³/mol. The number of hydrogen-bond acceptors (Lipinski definition) is 4. The summed E-state index contributed by atoms with van der Waals surface area (Å²) < 4.78 is 6.19. The summed E-state index contributed by atoms with van der Waals surface area (Å²) in [5.74, 6) is 2.90. The second-order valence-corrected chi connectivity index (χ2v) is 20.3. The molecule has 5 aliphatic carbocycles. The minimum absolute atomic E-state index is 0.0963. The quantitative estimate of drug-likeness (QED) is 0.274. The molecule has 1 amide bonds. The summed E-state index contributed by atoms with van der Waals surface area (Å²) in [4.78, 5) is 40.9. The first kappa shape index (κ1) is 36.2. The van der Waals surface area contributed by atoms with Crippen molar-refractivity contribution in [2.75, 3.05) is 13.1 Å². The SMILES string of the molecule is CC(C)[C@@H]1CC[C@]2(CC(=O)N3CCCCC3)CC[C@]3(C)[C@H](CC[C@@H]4[C@@]5(C)CC[C@H](OC(=O)CC(C)(C)C(=O)O)C(C)(C)[C@@H]5CC[C@]43C)[C@@H]12. The van der Waals surface area contributed by atoms with Crippen molar-refractivity contribution in [3.63, 3.8) is 0 Å². The lowest BCUT2D eigenvalue weighted by Crippen LogP contribution is -2.67. The van der Waals surface area contributed by atoms with Crippen LogP contribution in [0.4, 0.5) is 0 Å². The molecule has 6 rings (SSSR count). The number of nitrogens with zero attached hydrogens (tertiary/aromatic N) is 1. The Morgan fingerprint density at radius 2 is 1.50 bits per heavy atom. The van der Waals surface area contributed by atoms with Crippen molar-refractivity contribution in [3.8, 4) is 0 Å². The second-order valence-electron chi connectivity index (χ2n) is 20.3. The molecule has 0 aromatic rings. The summed E-state index contributed by atoms with van der Waals surface area (Å²) in [5.41, 5.74) is -0.424. The summed E-state index contributed by atoms with van der Waals surface area (Å²) in [7, 11) is 0. The van der Waals surface area contributed by atoms with Crippen molar-refractivity contribution in [2.45, 2.75) is 165 Å². The van der Waals surface area contributed by atoms with E-state index in [0.29, 0.717) is 41.4 Å². The van der Waals surface area contributed by atoms with Gasteiger partial charge in [-0.05, 0) is 154 Å². The molecule has 6 aliphatic rings. The fourth-order valence-corrected chi connectivity index (χ4v) is 14.2. The van der Waals surface area contributed by atoms with Gasteiger partial charge >= 0.3 is 11.9 Å². The summed E-state index contributed by atoms with van der Waals surface area (Å²) >= 11 is 0. The smallest absolute Gasteiger partial charge is 0.309 e. The Balaban J connectivity index is 1.25. The summed E-state index contributed by atoms with van der Waals surface area (Å²) in [6.07, 6.45) is 16.0. The zero-order valence-electron chi connectivity index (χ0n) is 32.1. The third-order valence-corrected chi connectivity index (χ3v) is 17.1. The third-order valence-electron chi connectivity index (χ3n) is 17.1. The predicted octanol–water partition coefficient (Wildman–Crippen LogP) is 9.54. The number of esters is 1. The maximum absolute atomic E-state index is 13.9. The maximum atomic E-state index is 13.9. The first-order valence-electron chi connectivity index (χ1n) is 20.0. The Kier molecular flexibility index (Phi) is 9.26. The van der Waals surface area contributed by atoms with E-state index >= 15 is 0 Å². The summed E-state index contributed by atoms with van der Waals surface area (Å²) in [6.45, 7) is 22.7. The van der Waals surface area contributed by atoms with Crippen molar-refractivity contribution in [1.29, 1.82) is 0 Å². The number of ether oxygens (including phenoxy) is 1. The number of carboxylic acid groups (broad SMARTS) is 1. The number of piperidine rings is 1. The van der Waals surface area contributed by atoms with Crippen molar-refractivity contribution in [1.82, 2.24) is 4.90 Å². The molecule has 1 N–H and O–H groups in total. The highest BCUT2D eigenvalue weighted by molar-refractivity contribution is 5.81. The number of fused-ring (bicyclic) bond motifs is 7. The van der Waals surface area contributed by atoms with Crippen LogP contribution in [0.2, 0.25) is 0 Å². The van der Waals surface area contributed by atoms with Crippen molar-refractivity contribution < 1.29 is 24.2 Å². The highest BCUT2D eigenvalue weighted by Gasteiger charge is 2.71. The van der Waals surface area contributed by atoms with Crippen molar-refractivity contribution in [2.24, 2.45) is 68.0 Å². The van der Waals surface area contributed by atoms with Gasteiger partial charge in [0.2, 0.25) is 5.91 Å². The van der Waals surface area contributed by atoms with Crippen molar-refractivity contribution >= 4 is 17.8 Å². The van der Waals surface area contributed by atoms with E-state index in [1.807, 2.05) is 0 Å². The molecule has 5 saturated carbocycles. The van der Waals surface area contributed by atoms with Gasteiger partial charge in [-0.3, -0.25) is 14.4 Å². The Morgan fingerprint density at radius 1 is 0.812 bits per heavy atom. The molecule has 0 aromatic carbocycles. The van der Waals surface area contributed by atoms with Crippen LogP contribution in [0.3, 0.4) is 0 Å². The minimum Gasteiger partial charge on any atom is -0.481 e. The van der Waals surface area contributed by atoms with Crippen LogP contribution in [-0.4, -0.2) is 47.0 Å². The third kappa shape index (κ3) is 5.49. The molecule has 1 heterocycles. The number of hydrogen-bond donors (Lipinski definition) is 1. The topological polar surface area (TPSA) is 83.9 Å². The van der Waals surface area contributed by atoms with Crippen LogP contribution >= 0.6 is 0 Å². The van der Waals surface area contributed by atoms with Gasteiger partial charge in [0.15, 0.2) is 0 Å². The van der Waals surface area contributed by atoms with Crippen LogP contribution < -0.4 is 0 Å². The molecule has 0 unspecified atom stereocenters. The molecule has 0 radical (unpaired) electrons. The number of carboxylic acids is 1. The van der Waals surface area contributed by atoms with E-state index in [9.17, 15) is 19.5 Å². The number of likely N-dealkylation sites (tertiary alicyclic amines) is 1. The number of carbonyl (C=O) groups is 3. The molecular formula is C42H69NO5. The molecule has 1 aliphatic heterocycles. The number of rotatable bonds is 7. The monoisotopic (exact) mass is 668 g/mol. The van der Waals surface area contributed by atoms with Crippen LogP contribution in [-0.2, 0) is 19.1 Å². The van der Waals surface area contributed by atoms with Gasteiger partial charge in [-0.1, -0.05) is 48.5 Å². The van der Waals surface area contributed by atoms with Gasteiger partial charge in [0, 0.05) is 24.9 Å². The van der Waals surface area contributed by atoms with Crippen LogP contribution in [0.25, 0.3) is 0 Å². The van der Waals surface area contributed by atoms with Gasteiger partial charge < -0.3 is 14.7 Å². The highest BCUT2D eigenvalue weighted by Crippen LogP contribution is 2.78. The number of carbonyl (C=O) groups excluding carboxylic acids is 2. The second kappa shape index (κ2) is 12.3. The fraction of sp³-hybridized carbons (Fsp3) is 0.929. The molecular weight excluding hydrogens is 598 g/mol. The summed E-state index contributed by atoms with van der Waals surface area (Å²) in [6, 6.07) is 0. The minimum atomic E-state index is -1.13. The van der Waals surface area contributed by atoms with Crippen LogP contribution in [0.15, 0.2) is 0 Å². The molecule has 6 heteroatoms. The van der Waals surface area contributed by atoms with E-state index in [-0.39, 0.29) is 45.6 Å². The van der Waals surface area contributed by atoms with Gasteiger partial charge in [-0.25, -0.2) is 0 Å². The Morgan fingerprint density at radius 3 is 2.15 bits per heavy atom. The molecule has 0 spiro atoms. The molecule has 6 fully saturated rings. The number of amides is 1. The zero-order chi connectivity index (χ0) is 35.1. The Hall–Kier alpha value is -1.59. The maximum Gasteiger partial charge on any atom is 0.309 e. The largest absolute Gasteiger partial charge is 0.481 e. The Labute approximate surface area is 292 Å². The first-order valence-corrected chi connectivity index (χ1v) is 20.0. The summed E-state index contributed by atoms with van der Waals surface area (Å²) in [5, 5.41) is 9.60. The standard InChI is InChI=1S/C42H69NO5/c1-27(2)28-15-20-42(25-33(44)43-23-11-10-12-24-43)22-21-40(8)29(35(28)42)13-14-31-39(7)18-17-32(48-34(45)26-37(3,4)36(46)47)38(5,6)30(39)16-19-41(31,40)9/h27-32,35H,10-26H2,1-9H3,(H,46,47)/t28-,29+,30-,31+,32-,35+,39-,40+,41+,42+/m0/s1. The van der Waals surface area contributed by atoms with Gasteiger partial charge in [0.25, 0.3) is 0 Å². The molecule has 0 aromatic heterocycles. The average Bonchev–Trinajstić information content (AvgIpc) is 3.39. The van der Waals surface area contributed by atoms with E-state index in [1.54, 1.807) is 13.8 Å². The van der Waals surface area contributed by atoms with Gasteiger partial charge in [0.1, 0.15) is 6.10 Å². The highest BCUT2D eigenvalue weighted by atomic mass is 16.5. The van der Waals surface area contributed by atoms with E-state index in [0.717, 1.165) is 38.8 Å². The molecule has 48 heavy (non-hydrogen) atoms. The van der Waals surface area contributed by atoms with Crippen LogP contribution in [0.5, 0.6) is 0 Å². The molecule has 0 bridgehead atoms. The normalized spacial score (nSPS) is 43.8.